The van der Waals surface area contributed by atoms with Gasteiger partial charge >= 0.3 is 6.03 Å². The molecule has 4 nitrogen and oxygen atoms in total. The van der Waals surface area contributed by atoms with E-state index in [1.165, 1.54) is 31.2 Å². The second-order valence-corrected chi connectivity index (χ2v) is 7.00. The van der Waals surface area contributed by atoms with Gasteiger partial charge in [0.1, 0.15) is 5.75 Å². The van der Waals surface area contributed by atoms with Gasteiger partial charge in [-0.05, 0) is 31.7 Å². The van der Waals surface area contributed by atoms with Crippen molar-refractivity contribution >= 4 is 6.03 Å². The summed E-state index contributed by atoms with van der Waals surface area (Å²) < 4.78 is 5.53. The summed E-state index contributed by atoms with van der Waals surface area (Å²) in [5.74, 6) is 0.932. The monoisotopic (exact) mass is 316 g/mol. The zero-order chi connectivity index (χ0) is 16.1. The van der Waals surface area contributed by atoms with Crippen molar-refractivity contribution < 1.29 is 9.53 Å². The average Bonchev–Trinajstić information content (AvgIpc) is 2.55. The van der Waals surface area contributed by atoms with Crippen LogP contribution in [0.25, 0.3) is 0 Å². The molecule has 0 unspecified atom stereocenters. The highest BCUT2D eigenvalue weighted by atomic mass is 16.5. The van der Waals surface area contributed by atoms with E-state index in [9.17, 15) is 4.79 Å². The third-order valence-corrected chi connectivity index (χ3v) is 5.52. The van der Waals surface area contributed by atoms with Crippen LogP contribution in [0.2, 0.25) is 0 Å². The number of benzene rings is 1. The van der Waals surface area contributed by atoms with Crippen LogP contribution in [0.1, 0.15) is 56.9 Å². The normalized spacial score (nSPS) is 20.4. The standard InChI is InChI=1S/C19H28N2O2/c1-23-17-11-6-5-10-16(17)19(12-7-13-19)14-20-18(22)21-15-8-3-2-4-9-15/h5-6,10-11,15H,2-4,7-9,12-14H2,1H3,(H2,20,21,22). The first-order valence-corrected chi connectivity index (χ1v) is 8.91. The maximum Gasteiger partial charge on any atom is 0.315 e. The molecule has 0 spiro atoms. The quantitative estimate of drug-likeness (QED) is 0.869. The number of para-hydroxylation sites is 1. The van der Waals surface area contributed by atoms with Gasteiger partial charge in [0, 0.05) is 23.6 Å². The van der Waals surface area contributed by atoms with E-state index in [0.717, 1.165) is 31.4 Å². The summed E-state index contributed by atoms with van der Waals surface area (Å²) in [4.78, 5) is 12.2. The van der Waals surface area contributed by atoms with Crippen LogP contribution in [0.5, 0.6) is 5.75 Å². The SMILES string of the molecule is COc1ccccc1C1(CNC(=O)NC2CCCCC2)CCC1. The van der Waals surface area contributed by atoms with Gasteiger partial charge in [-0.25, -0.2) is 4.79 Å². The molecule has 0 aromatic heterocycles. The van der Waals surface area contributed by atoms with E-state index >= 15 is 0 Å². The molecule has 2 aliphatic rings. The third-order valence-electron chi connectivity index (χ3n) is 5.52. The zero-order valence-corrected chi connectivity index (χ0v) is 14.1. The number of urea groups is 1. The zero-order valence-electron chi connectivity index (χ0n) is 14.1. The van der Waals surface area contributed by atoms with Crippen molar-refractivity contribution in [3.05, 3.63) is 29.8 Å². The Labute approximate surface area is 139 Å². The molecular formula is C19H28N2O2. The molecule has 2 fully saturated rings. The lowest BCUT2D eigenvalue weighted by Gasteiger charge is -2.43. The first-order chi connectivity index (χ1) is 11.2. The molecule has 23 heavy (non-hydrogen) atoms. The van der Waals surface area contributed by atoms with E-state index in [0.29, 0.717) is 12.6 Å². The molecule has 126 valence electrons. The highest BCUT2D eigenvalue weighted by Crippen LogP contribution is 2.46. The number of amides is 2. The fourth-order valence-electron chi connectivity index (χ4n) is 3.96. The van der Waals surface area contributed by atoms with Gasteiger partial charge in [-0.2, -0.15) is 0 Å². The lowest BCUT2D eigenvalue weighted by molar-refractivity contribution is 0.207. The second-order valence-electron chi connectivity index (χ2n) is 7.00. The number of methoxy groups -OCH3 is 1. The predicted octanol–water partition coefficient (Wildman–Crippen LogP) is 3.75. The summed E-state index contributed by atoms with van der Waals surface area (Å²) in [5, 5.41) is 6.26. The summed E-state index contributed by atoms with van der Waals surface area (Å²) in [5.41, 5.74) is 1.27. The van der Waals surface area contributed by atoms with Gasteiger partial charge in [-0.1, -0.05) is 43.9 Å². The van der Waals surface area contributed by atoms with Crippen LogP contribution in [0.4, 0.5) is 4.79 Å². The van der Waals surface area contributed by atoms with Gasteiger partial charge in [0.05, 0.1) is 7.11 Å². The van der Waals surface area contributed by atoms with Crippen LogP contribution in [0.15, 0.2) is 24.3 Å². The van der Waals surface area contributed by atoms with Gasteiger partial charge in [0.25, 0.3) is 0 Å². The molecule has 2 N–H and O–H groups in total. The Bertz CT molecular complexity index is 534. The van der Waals surface area contributed by atoms with Gasteiger partial charge in [-0.3, -0.25) is 0 Å². The highest BCUT2D eigenvalue weighted by Gasteiger charge is 2.40. The predicted molar refractivity (Wildman–Crippen MR) is 91.9 cm³/mol. The summed E-state index contributed by atoms with van der Waals surface area (Å²) in [6.07, 6.45) is 9.43. The van der Waals surface area contributed by atoms with Crippen molar-refractivity contribution in [1.82, 2.24) is 10.6 Å². The molecule has 4 heteroatoms. The number of hydrogen-bond donors (Lipinski definition) is 2. The van der Waals surface area contributed by atoms with Crippen LogP contribution >= 0.6 is 0 Å². The Kier molecular flexibility index (Phi) is 5.09. The lowest BCUT2D eigenvalue weighted by atomic mass is 9.64. The molecule has 0 aliphatic heterocycles. The minimum atomic E-state index is -0.0157. The van der Waals surface area contributed by atoms with E-state index in [1.807, 2.05) is 12.1 Å². The van der Waals surface area contributed by atoms with Crippen LogP contribution < -0.4 is 15.4 Å². The number of carbonyl (C=O) groups is 1. The van der Waals surface area contributed by atoms with Crippen LogP contribution in [-0.4, -0.2) is 25.7 Å². The maximum absolute atomic E-state index is 12.2. The number of ether oxygens (including phenoxy) is 1. The van der Waals surface area contributed by atoms with Crippen molar-refractivity contribution in [1.29, 1.82) is 0 Å². The molecule has 2 aliphatic carbocycles. The number of carbonyl (C=O) groups excluding carboxylic acids is 1. The number of hydrogen-bond acceptors (Lipinski definition) is 2. The van der Waals surface area contributed by atoms with E-state index in [2.05, 4.69) is 22.8 Å². The minimum absolute atomic E-state index is 0.0157. The Morgan fingerprint density at radius 1 is 1.17 bits per heavy atom. The molecule has 3 rings (SSSR count). The van der Waals surface area contributed by atoms with E-state index in [1.54, 1.807) is 7.11 Å². The number of nitrogens with one attached hydrogen (secondary N) is 2. The van der Waals surface area contributed by atoms with Gasteiger partial charge in [-0.15, -0.1) is 0 Å². The van der Waals surface area contributed by atoms with E-state index < -0.39 is 0 Å². The molecule has 0 radical (unpaired) electrons. The largest absolute Gasteiger partial charge is 0.496 e. The summed E-state index contributed by atoms with van der Waals surface area (Å²) in [7, 11) is 1.72. The summed E-state index contributed by atoms with van der Waals surface area (Å²) in [6.45, 7) is 0.686. The fourth-order valence-corrected chi connectivity index (χ4v) is 3.96. The minimum Gasteiger partial charge on any atom is -0.496 e. The first kappa shape index (κ1) is 16.2. The molecule has 0 atom stereocenters. The van der Waals surface area contributed by atoms with Crippen molar-refractivity contribution in [2.24, 2.45) is 0 Å². The average molecular weight is 316 g/mol. The topological polar surface area (TPSA) is 50.4 Å². The second kappa shape index (κ2) is 7.24. The van der Waals surface area contributed by atoms with Crippen molar-refractivity contribution in [2.75, 3.05) is 13.7 Å². The van der Waals surface area contributed by atoms with Crippen LogP contribution in [0, 0.1) is 0 Å². The Balaban J connectivity index is 1.59. The third kappa shape index (κ3) is 3.62. The highest BCUT2D eigenvalue weighted by molar-refractivity contribution is 5.74. The first-order valence-electron chi connectivity index (χ1n) is 8.91. The molecule has 0 heterocycles. The molecule has 2 saturated carbocycles. The maximum atomic E-state index is 12.2. The molecule has 2 amide bonds. The number of rotatable bonds is 5. The Morgan fingerprint density at radius 3 is 2.57 bits per heavy atom. The lowest BCUT2D eigenvalue weighted by Crippen LogP contribution is -2.50. The van der Waals surface area contributed by atoms with Crippen molar-refractivity contribution in [2.45, 2.75) is 62.8 Å². The van der Waals surface area contributed by atoms with E-state index in [-0.39, 0.29) is 11.4 Å². The Morgan fingerprint density at radius 2 is 1.91 bits per heavy atom. The van der Waals surface area contributed by atoms with Crippen LogP contribution in [-0.2, 0) is 5.41 Å². The van der Waals surface area contributed by atoms with Gasteiger partial charge in [0.15, 0.2) is 0 Å². The van der Waals surface area contributed by atoms with Gasteiger partial charge in [0.2, 0.25) is 0 Å². The smallest absolute Gasteiger partial charge is 0.315 e. The van der Waals surface area contributed by atoms with Crippen molar-refractivity contribution in [3.63, 3.8) is 0 Å². The summed E-state index contributed by atoms with van der Waals surface area (Å²) >= 11 is 0. The van der Waals surface area contributed by atoms with Crippen molar-refractivity contribution in [3.8, 4) is 5.75 Å². The fraction of sp³-hybridized carbons (Fsp3) is 0.632. The van der Waals surface area contributed by atoms with Crippen LogP contribution in [0.3, 0.4) is 0 Å². The molecule has 0 bridgehead atoms. The Hall–Kier alpha value is -1.71. The molecule has 1 aromatic carbocycles. The van der Waals surface area contributed by atoms with Gasteiger partial charge < -0.3 is 15.4 Å². The molecular weight excluding hydrogens is 288 g/mol. The van der Waals surface area contributed by atoms with E-state index in [4.69, 9.17) is 4.74 Å². The summed E-state index contributed by atoms with van der Waals surface area (Å²) in [6, 6.07) is 8.54. The molecule has 0 saturated heterocycles. The molecule has 1 aromatic rings.